The molecule has 0 bridgehead atoms. The summed E-state index contributed by atoms with van der Waals surface area (Å²) in [5, 5.41) is 21.0. The summed E-state index contributed by atoms with van der Waals surface area (Å²) in [6.07, 6.45) is 0.362. The van der Waals surface area contributed by atoms with Gasteiger partial charge in [-0.3, -0.25) is 4.79 Å². The molecule has 0 radical (unpaired) electrons. The van der Waals surface area contributed by atoms with Crippen molar-refractivity contribution in [3.63, 3.8) is 0 Å². The second-order valence-electron chi connectivity index (χ2n) is 7.93. The van der Waals surface area contributed by atoms with E-state index in [9.17, 15) is 25.0 Å². The maximum Gasteiger partial charge on any atom is 0.327 e. The second-order valence-corrected chi connectivity index (χ2v) is 7.93. The van der Waals surface area contributed by atoms with Gasteiger partial charge >= 0.3 is 5.97 Å². The fraction of sp³-hybridized carbons (Fsp3) is 0.933. The van der Waals surface area contributed by atoms with Crippen molar-refractivity contribution >= 4 is 5.97 Å². The van der Waals surface area contributed by atoms with Crippen LogP contribution in [-0.2, 0) is 19.3 Å². The van der Waals surface area contributed by atoms with Gasteiger partial charge in [0.2, 0.25) is 0 Å². The standard InChI is InChI=1S/C15H27N3O8/c1-10(2)13(19)26-16-14(3,4)7-11(8-24-17(20)21)12(15(16,5)6)9-25-18(22)23/h10-12H,7-9H2,1-6H3. The van der Waals surface area contributed by atoms with Crippen molar-refractivity contribution in [2.75, 3.05) is 13.2 Å². The molecular formula is C15H27N3O8. The quantitative estimate of drug-likeness (QED) is 0.459. The van der Waals surface area contributed by atoms with E-state index in [4.69, 9.17) is 4.84 Å². The lowest BCUT2D eigenvalue weighted by molar-refractivity contribution is -0.764. The molecule has 2 unspecified atom stereocenters. The number of hydroxylamine groups is 2. The third-order valence-corrected chi connectivity index (χ3v) is 4.72. The topological polar surface area (TPSA) is 134 Å². The van der Waals surface area contributed by atoms with Gasteiger partial charge in [-0.1, -0.05) is 13.8 Å². The van der Waals surface area contributed by atoms with E-state index in [1.54, 1.807) is 27.7 Å². The monoisotopic (exact) mass is 377 g/mol. The summed E-state index contributed by atoms with van der Waals surface area (Å²) in [7, 11) is 0. The van der Waals surface area contributed by atoms with Gasteiger partial charge in [0.25, 0.3) is 10.2 Å². The van der Waals surface area contributed by atoms with Crippen molar-refractivity contribution in [3.05, 3.63) is 20.2 Å². The van der Waals surface area contributed by atoms with Crippen LogP contribution in [-0.4, -0.2) is 45.5 Å². The normalized spacial score (nSPS) is 24.7. The molecule has 1 saturated heterocycles. The van der Waals surface area contributed by atoms with Crippen LogP contribution in [0.4, 0.5) is 0 Å². The van der Waals surface area contributed by atoms with Crippen LogP contribution in [0.5, 0.6) is 0 Å². The summed E-state index contributed by atoms with van der Waals surface area (Å²) < 4.78 is 0. The van der Waals surface area contributed by atoms with Crippen molar-refractivity contribution in [3.8, 4) is 0 Å². The van der Waals surface area contributed by atoms with E-state index in [0.717, 1.165) is 0 Å². The lowest BCUT2D eigenvalue weighted by Crippen LogP contribution is -2.66. The molecular weight excluding hydrogens is 350 g/mol. The maximum absolute atomic E-state index is 12.1. The van der Waals surface area contributed by atoms with E-state index in [1.807, 2.05) is 13.8 Å². The molecule has 0 spiro atoms. The molecule has 0 N–H and O–H groups in total. The van der Waals surface area contributed by atoms with Crippen LogP contribution >= 0.6 is 0 Å². The van der Waals surface area contributed by atoms with Gasteiger partial charge in [0, 0.05) is 5.92 Å². The fourth-order valence-electron chi connectivity index (χ4n) is 3.62. The first-order valence-electron chi connectivity index (χ1n) is 8.35. The molecule has 0 aromatic rings. The maximum atomic E-state index is 12.1. The molecule has 1 heterocycles. The molecule has 0 aliphatic carbocycles. The van der Waals surface area contributed by atoms with Crippen molar-refractivity contribution < 1.29 is 29.5 Å². The molecule has 11 nitrogen and oxygen atoms in total. The minimum Gasteiger partial charge on any atom is -0.367 e. The lowest BCUT2D eigenvalue weighted by atomic mass is 9.68. The summed E-state index contributed by atoms with van der Waals surface area (Å²) in [6.45, 7) is 10.1. The van der Waals surface area contributed by atoms with E-state index < -0.39 is 39.1 Å². The number of piperidine rings is 1. The van der Waals surface area contributed by atoms with Crippen LogP contribution in [0.15, 0.2) is 0 Å². The zero-order valence-electron chi connectivity index (χ0n) is 16.0. The van der Waals surface area contributed by atoms with Crippen molar-refractivity contribution in [2.45, 2.75) is 59.0 Å². The van der Waals surface area contributed by atoms with Crippen LogP contribution in [0, 0.1) is 38.0 Å². The number of carbonyl (C=O) groups excluding carboxylic acids is 1. The van der Waals surface area contributed by atoms with E-state index in [-0.39, 0.29) is 19.1 Å². The Morgan fingerprint density at radius 1 is 1.12 bits per heavy atom. The van der Waals surface area contributed by atoms with Crippen LogP contribution < -0.4 is 0 Å². The Bertz CT molecular complexity index is 549. The molecule has 26 heavy (non-hydrogen) atoms. The number of rotatable bonds is 8. The Balaban J connectivity index is 3.16. The van der Waals surface area contributed by atoms with Crippen LogP contribution in [0.25, 0.3) is 0 Å². The molecule has 0 aromatic heterocycles. The average Bonchev–Trinajstić information content (AvgIpc) is 2.47. The average molecular weight is 377 g/mol. The van der Waals surface area contributed by atoms with Crippen molar-refractivity contribution in [1.82, 2.24) is 5.06 Å². The van der Waals surface area contributed by atoms with Gasteiger partial charge in [-0.2, -0.15) is 0 Å². The Hall–Kier alpha value is -2.17. The van der Waals surface area contributed by atoms with Gasteiger partial charge < -0.3 is 14.5 Å². The highest BCUT2D eigenvalue weighted by molar-refractivity contribution is 5.71. The minimum atomic E-state index is -0.911. The van der Waals surface area contributed by atoms with Crippen molar-refractivity contribution in [1.29, 1.82) is 0 Å². The molecule has 11 heteroatoms. The number of carbonyl (C=O) groups is 1. The molecule has 0 amide bonds. The summed E-state index contributed by atoms with van der Waals surface area (Å²) >= 11 is 0. The van der Waals surface area contributed by atoms with Gasteiger partial charge in [-0.15, -0.1) is 25.3 Å². The first-order chi connectivity index (χ1) is 11.8. The summed E-state index contributed by atoms with van der Waals surface area (Å²) in [5.74, 6) is -1.73. The zero-order chi connectivity index (χ0) is 20.3. The lowest BCUT2D eigenvalue weighted by Gasteiger charge is -2.56. The number of nitrogens with zero attached hydrogens (tertiary/aromatic N) is 3. The smallest absolute Gasteiger partial charge is 0.327 e. The summed E-state index contributed by atoms with van der Waals surface area (Å²) in [6, 6.07) is 0. The van der Waals surface area contributed by atoms with Gasteiger partial charge in [0.05, 0.1) is 23.6 Å². The predicted molar refractivity (Wildman–Crippen MR) is 88.4 cm³/mol. The highest BCUT2D eigenvalue weighted by atomic mass is 17.0. The van der Waals surface area contributed by atoms with E-state index >= 15 is 0 Å². The van der Waals surface area contributed by atoms with Gasteiger partial charge in [-0.05, 0) is 40.0 Å². The Morgan fingerprint density at radius 3 is 2.08 bits per heavy atom. The summed E-state index contributed by atoms with van der Waals surface area (Å²) in [4.78, 5) is 48.0. The Kier molecular flexibility index (Phi) is 6.75. The second kappa shape index (κ2) is 8.02. The number of hydrogen-bond acceptors (Lipinski definition) is 9. The molecule has 0 aromatic carbocycles. The molecule has 1 aliphatic heterocycles. The van der Waals surface area contributed by atoms with Crippen LogP contribution in [0.3, 0.4) is 0 Å². The Labute approximate surface area is 151 Å². The van der Waals surface area contributed by atoms with E-state index in [1.165, 1.54) is 5.06 Å². The SMILES string of the molecule is CC(C)C(=O)ON1C(C)(C)CC(CO[N+](=O)[O-])C(CO[N+](=O)[O-])C1(C)C. The van der Waals surface area contributed by atoms with Gasteiger partial charge in [0.15, 0.2) is 0 Å². The van der Waals surface area contributed by atoms with Crippen LogP contribution in [0.2, 0.25) is 0 Å². The largest absolute Gasteiger partial charge is 0.367 e. The van der Waals surface area contributed by atoms with Gasteiger partial charge in [0.1, 0.15) is 6.61 Å². The number of hydrogen-bond donors (Lipinski definition) is 0. The molecule has 1 fully saturated rings. The third kappa shape index (κ3) is 5.16. The predicted octanol–water partition coefficient (Wildman–Crippen LogP) is 2.01. The van der Waals surface area contributed by atoms with E-state index in [2.05, 4.69) is 9.68 Å². The fourth-order valence-corrected chi connectivity index (χ4v) is 3.62. The first-order valence-corrected chi connectivity index (χ1v) is 8.35. The summed E-state index contributed by atoms with van der Waals surface area (Å²) in [5.41, 5.74) is -1.54. The van der Waals surface area contributed by atoms with Crippen LogP contribution in [0.1, 0.15) is 48.0 Å². The molecule has 150 valence electrons. The van der Waals surface area contributed by atoms with Crippen molar-refractivity contribution in [2.24, 2.45) is 17.8 Å². The molecule has 0 saturated carbocycles. The van der Waals surface area contributed by atoms with Gasteiger partial charge in [-0.25, -0.2) is 0 Å². The highest BCUT2D eigenvalue weighted by Gasteiger charge is 2.54. The molecule has 1 rings (SSSR count). The molecule has 1 aliphatic rings. The molecule has 2 atom stereocenters. The Morgan fingerprint density at radius 2 is 1.62 bits per heavy atom. The first kappa shape index (κ1) is 21.9. The van der Waals surface area contributed by atoms with E-state index in [0.29, 0.717) is 6.42 Å². The third-order valence-electron chi connectivity index (χ3n) is 4.72. The minimum absolute atomic E-state index is 0.225. The zero-order valence-corrected chi connectivity index (χ0v) is 16.0. The highest BCUT2D eigenvalue weighted by Crippen LogP contribution is 2.46.